The van der Waals surface area contributed by atoms with E-state index in [9.17, 15) is 19.5 Å². The van der Waals surface area contributed by atoms with Crippen LogP contribution < -0.4 is 9.64 Å². The first kappa shape index (κ1) is 30.3. The van der Waals surface area contributed by atoms with Gasteiger partial charge in [-0.1, -0.05) is 28.1 Å². The van der Waals surface area contributed by atoms with Crippen molar-refractivity contribution in [3.63, 3.8) is 0 Å². The number of rotatable bonds is 13. The number of nitrogens with zero attached hydrogens (tertiary/aromatic N) is 3. The molecule has 3 saturated heterocycles. The van der Waals surface area contributed by atoms with Crippen LogP contribution in [0.15, 0.2) is 49.6 Å². The van der Waals surface area contributed by atoms with Crippen LogP contribution in [-0.2, 0) is 19.1 Å². The maximum Gasteiger partial charge on any atom is 0.248 e. The smallest absolute Gasteiger partial charge is 0.248 e. The van der Waals surface area contributed by atoms with Crippen molar-refractivity contribution in [1.82, 2.24) is 9.80 Å². The minimum absolute atomic E-state index is 0.124. The van der Waals surface area contributed by atoms with Crippen molar-refractivity contribution in [2.45, 2.75) is 62.2 Å². The lowest BCUT2D eigenvalue weighted by molar-refractivity contribution is -0.149. The molecule has 3 fully saturated rings. The number of anilines is 1. The lowest BCUT2D eigenvalue weighted by Gasteiger charge is -2.38. The molecule has 6 atom stereocenters. The first-order valence-corrected chi connectivity index (χ1v) is 14.9. The minimum Gasteiger partial charge on any atom is -0.494 e. The molecule has 1 aromatic carbocycles. The molecule has 3 unspecified atom stereocenters. The van der Waals surface area contributed by atoms with Crippen LogP contribution in [0, 0.1) is 11.8 Å². The van der Waals surface area contributed by atoms with Gasteiger partial charge in [0.2, 0.25) is 17.7 Å². The van der Waals surface area contributed by atoms with Crippen molar-refractivity contribution >= 4 is 39.3 Å². The summed E-state index contributed by atoms with van der Waals surface area (Å²) >= 11 is 3.73. The molecule has 3 heterocycles. The third kappa shape index (κ3) is 5.10. The topological polar surface area (TPSA) is 99.6 Å². The number of aliphatic hydroxyl groups is 1. The summed E-state index contributed by atoms with van der Waals surface area (Å²) in [5.74, 6) is -1.68. The molecule has 1 spiro atoms. The Bertz CT molecular complexity index is 1130. The molecule has 9 nitrogen and oxygen atoms in total. The molecule has 3 aliphatic rings. The summed E-state index contributed by atoms with van der Waals surface area (Å²) < 4.78 is 12.2. The Morgan fingerprint density at radius 2 is 1.90 bits per heavy atom. The van der Waals surface area contributed by atoms with Gasteiger partial charge in [-0.15, -0.1) is 13.2 Å². The highest BCUT2D eigenvalue weighted by Gasteiger charge is 2.76. The molecular formula is C30H40BrN3O6. The van der Waals surface area contributed by atoms with Gasteiger partial charge in [-0.25, -0.2) is 0 Å². The third-order valence-corrected chi connectivity index (χ3v) is 8.98. The fourth-order valence-electron chi connectivity index (χ4n) is 6.54. The van der Waals surface area contributed by atoms with E-state index in [0.717, 1.165) is 0 Å². The summed E-state index contributed by atoms with van der Waals surface area (Å²) in [4.78, 5) is 47.3. The van der Waals surface area contributed by atoms with Crippen molar-refractivity contribution in [1.29, 1.82) is 0 Å². The number of hydrogen-bond acceptors (Lipinski definition) is 6. The third-order valence-electron chi connectivity index (χ3n) is 8.13. The van der Waals surface area contributed by atoms with Crippen LogP contribution in [0.4, 0.5) is 5.69 Å². The van der Waals surface area contributed by atoms with Gasteiger partial charge in [0.1, 0.15) is 17.4 Å². The van der Waals surface area contributed by atoms with Crippen molar-refractivity contribution in [2.24, 2.45) is 11.8 Å². The van der Waals surface area contributed by atoms with E-state index in [1.165, 1.54) is 4.90 Å². The Hall–Kier alpha value is -2.69. The first-order valence-electron chi connectivity index (χ1n) is 14.0. The van der Waals surface area contributed by atoms with Crippen LogP contribution in [0.25, 0.3) is 0 Å². The number of fused-ring (bicyclic) bond motifs is 1. The molecule has 2 bridgehead atoms. The second-order valence-corrected chi connectivity index (χ2v) is 12.0. The summed E-state index contributed by atoms with van der Waals surface area (Å²) in [6.45, 7) is 14.6. The van der Waals surface area contributed by atoms with Crippen LogP contribution >= 0.6 is 15.9 Å². The van der Waals surface area contributed by atoms with E-state index < -0.39 is 29.6 Å². The SMILES string of the molecule is C=CCN(C(=O)[C@H]1[C@@H]2OC3(CC2Br)C(C(=O)N(CC=C)C(C)C)N(CCCO)C(=O)[C@H]13)c1ccc(OCC)cc1. The number of carbonyl (C=O) groups excluding carboxylic acids is 3. The molecule has 1 aromatic rings. The lowest BCUT2D eigenvalue weighted by atomic mass is 9.70. The van der Waals surface area contributed by atoms with Gasteiger partial charge in [0, 0.05) is 42.8 Å². The fourth-order valence-corrected chi connectivity index (χ4v) is 7.49. The number of amides is 3. The Balaban J connectivity index is 1.75. The zero-order valence-corrected chi connectivity index (χ0v) is 25.1. The van der Waals surface area contributed by atoms with Crippen LogP contribution in [0.5, 0.6) is 5.75 Å². The van der Waals surface area contributed by atoms with Crippen LogP contribution in [0.3, 0.4) is 0 Å². The van der Waals surface area contributed by atoms with E-state index in [1.807, 2.05) is 32.9 Å². The van der Waals surface area contributed by atoms with Crippen LogP contribution in [-0.4, -0.2) is 94.1 Å². The maximum atomic E-state index is 14.3. The van der Waals surface area contributed by atoms with Crippen molar-refractivity contribution in [3.05, 3.63) is 49.6 Å². The summed E-state index contributed by atoms with van der Waals surface area (Å²) in [6.07, 6.45) is 3.48. The average molecular weight is 619 g/mol. The monoisotopic (exact) mass is 617 g/mol. The number of aliphatic hydroxyl groups excluding tert-OH is 1. The Kier molecular flexibility index (Phi) is 9.42. The van der Waals surface area contributed by atoms with Gasteiger partial charge in [0.15, 0.2) is 0 Å². The number of carbonyl (C=O) groups is 3. The Morgan fingerprint density at radius 1 is 1.23 bits per heavy atom. The van der Waals surface area contributed by atoms with Gasteiger partial charge < -0.3 is 29.3 Å². The van der Waals surface area contributed by atoms with E-state index in [0.29, 0.717) is 37.4 Å². The van der Waals surface area contributed by atoms with Gasteiger partial charge in [-0.3, -0.25) is 14.4 Å². The number of ether oxygens (including phenoxy) is 2. The number of halogens is 1. The van der Waals surface area contributed by atoms with E-state index in [2.05, 4.69) is 29.1 Å². The second kappa shape index (κ2) is 12.4. The van der Waals surface area contributed by atoms with Gasteiger partial charge in [-0.2, -0.15) is 0 Å². The van der Waals surface area contributed by atoms with E-state index >= 15 is 0 Å². The summed E-state index contributed by atoms with van der Waals surface area (Å²) in [7, 11) is 0. The largest absolute Gasteiger partial charge is 0.494 e. The first-order chi connectivity index (χ1) is 19.2. The molecule has 40 heavy (non-hydrogen) atoms. The quantitative estimate of drug-likeness (QED) is 0.270. The molecule has 3 aliphatic heterocycles. The van der Waals surface area contributed by atoms with Gasteiger partial charge in [0.25, 0.3) is 0 Å². The van der Waals surface area contributed by atoms with Gasteiger partial charge in [-0.05, 0) is 57.9 Å². The standard InChI is InChI=1S/C30H40BrN3O6/c1-6-14-32(19(4)5)29(38)26-30-18-22(31)25(40-30)23(24(30)28(37)34(26)16-9-17-35)27(36)33(15-7-2)20-10-12-21(13-11-20)39-8-3/h6-7,10-13,19,22-26,35H,1-2,8-9,14-18H2,3-5H3/t22?,23-,24+,25-,26?,30?/m1/s1. The molecule has 0 aromatic heterocycles. The number of benzene rings is 1. The highest BCUT2D eigenvalue weighted by molar-refractivity contribution is 9.09. The Labute approximate surface area is 244 Å². The Morgan fingerprint density at radius 3 is 2.48 bits per heavy atom. The summed E-state index contributed by atoms with van der Waals surface area (Å²) in [6, 6.07) is 6.21. The molecule has 3 amide bonds. The molecular weight excluding hydrogens is 578 g/mol. The highest BCUT2D eigenvalue weighted by atomic mass is 79.9. The number of likely N-dealkylation sites (tertiary alicyclic amines) is 1. The average Bonchev–Trinajstić information content (AvgIpc) is 3.52. The molecule has 0 radical (unpaired) electrons. The second-order valence-electron chi connectivity index (χ2n) is 10.8. The van der Waals surface area contributed by atoms with Crippen molar-refractivity contribution in [2.75, 3.05) is 37.7 Å². The minimum atomic E-state index is -1.16. The number of alkyl halides is 1. The molecule has 218 valence electrons. The molecule has 4 rings (SSSR count). The predicted molar refractivity (Wildman–Crippen MR) is 156 cm³/mol. The molecule has 10 heteroatoms. The van der Waals surface area contributed by atoms with E-state index in [-0.39, 0.29) is 48.3 Å². The fraction of sp³-hybridized carbons (Fsp3) is 0.567. The maximum absolute atomic E-state index is 14.3. The molecule has 0 aliphatic carbocycles. The lowest BCUT2D eigenvalue weighted by Crippen LogP contribution is -2.58. The molecule has 0 saturated carbocycles. The van der Waals surface area contributed by atoms with Crippen molar-refractivity contribution < 1.29 is 29.0 Å². The van der Waals surface area contributed by atoms with Gasteiger partial charge >= 0.3 is 0 Å². The summed E-state index contributed by atoms with van der Waals surface area (Å²) in [5.41, 5.74) is -0.501. The van der Waals surface area contributed by atoms with E-state index in [1.54, 1.807) is 34.1 Å². The molecule has 1 N–H and O–H groups in total. The van der Waals surface area contributed by atoms with E-state index in [4.69, 9.17) is 9.47 Å². The predicted octanol–water partition coefficient (Wildman–Crippen LogP) is 3.16. The normalized spacial score (nSPS) is 28.5. The van der Waals surface area contributed by atoms with Crippen LogP contribution in [0.2, 0.25) is 0 Å². The van der Waals surface area contributed by atoms with Crippen molar-refractivity contribution in [3.8, 4) is 5.75 Å². The zero-order chi connectivity index (χ0) is 29.2. The van der Waals surface area contributed by atoms with Gasteiger partial charge in [0.05, 0.1) is 24.5 Å². The van der Waals surface area contributed by atoms with Crippen LogP contribution in [0.1, 0.15) is 33.6 Å². The number of hydrogen-bond donors (Lipinski definition) is 1. The summed E-state index contributed by atoms with van der Waals surface area (Å²) in [5, 5.41) is 9.58. The highest BCUT2D eigenvalue weighted by Crippen LogP contribution is 2.60. The zero-order valence-electron chi connectivity index (χ0n) is 23.5.